The van der Waals surface area contributed by atoms with Crippen molar-refractivity contribution in [2.24, 2.45) is 0 Å². The SMILES string of the molecule is Fc1cc([B-](F)(F)F)ccc1C(F)(F)F.[K+]. The van der Waals surface area contributed by atoms with Crippen LogP contribution in [0.15, 0.2) is 18.2 Å². The first-order chi connectivity index (χ1) is 6.62. The summed E-state index contributed by atoms with van der Waals surface area (Å²) in [6.07, 6.45) is -4.98. The molecule has 9 heteroatoms. The average Bonchev–Trinajstić information content (AvgIpc) is 1.99. The number of benzene rings is 1. The van der Waals surface area contributed by atoms with Crippen LogP contribution in [0.5, 0.6) is 0 Å². The van der Waals surface area contributed by atoms with Gasteiger partial charge in [0.1, 0.15) is 5.82 Å². The van der Waals surface area contributed by atoms with Crippen LogP contribution in [0.4, 0.5) is 30.5 Å². The van der Waals surface area contributed by atoms with Gasteiger partial charge in [0.15, 0.2) is 0 Å². The third-order valence-corrected chi connectivity index (χ3v) is 1.68. The monoisotopic (exact) mass is 270 g/mol. The first-order valence-corrected chi connectivity index (χ1v) is 3.69. The van der Waals surface area contributed by atoms with Crippen LogP contribution in [-0.2, 0) is 6.18 Å². The van der Waals surface area contributed by atoms with E-state index in [4.69, 9.17) is 0 Å². The first kappa shape index (κ1) is 16.4. The Morgan fingerprint density at radius 3 is 1.81 bits per heavy atom. The molecule has 0 radical (unpaired) electrons. The van der Waals surface area contributed by atoms with E-state index in [9.17, 15) is 30.5 Å². The van der Waals surface area contributed by atoms with Gasteiger partial charge in [0.05, 0.1) is 5.56 Å². The summed E-state index contributed by atoms with van der Waals surface area (Å²) >= 11 is 0. The second-order valence-electron chi connectivity index (χ2n) is 2.81. The van der Waals surface area contributed by atoms with E-state index in [-0.39, 0.29) is 69.6 Å². The summed E-state index contributed by atoms with van der Waals surface area (Å²) in [4.78, 5) is 0. The Balaban J connectivity index is 0.00000225. The summed E-state index contributed by atoms with van der Waals surface area (Å²) in [5, 5.41) is 0. The number of alkyl halides is 3. The average molecular weight is 270 g/mol. The molecule has 0 fully saturated rings. The molecular weight excluding hydrogens is 267 g/mol. The van der Waals surface area contributed by atoms with Crippen LogP contribution in [0.25, 0.3) is 0 Å². The minimum atomic E-state index is -5.49. The van der Waals surface area contributed by atoms with Crippen molar-refractivity contribution in [1.82, 2.24) is 0 Å². The molecule has 1 aromatic rings. The molecule has 0 saturated heterocycles. The molecule has 0 nitrogen and oxygen atoms in total. The molecule has 0 aromatic heterocycles. The van der Waals surface area contributed by atoms with Gasteiger partial charge in [-0.2, -0.15) is 13.2 Å². The van der Waals surface area contributed by atoms with Crippen LogP contribution in [0, 0.1) is 5.82 Å². The molecule has 84 valence electrons. The van der Waals surface area contributed by atoms with E-state index in [1.807, 2.05) is 0 Å². The predicted molar refractivity (Wildman–Crippen MR) is 40.1 cm³/mol. The van der Waals surface area contributed by atoms with Crippen LogP contribution in [0.1, 0.15) is 5.56 Å². The summed E-state index contributed by atoms with van der Waals surface area (Å²) in [5.74, 6) is -1.92. The predicted octanol–water partition coefficient (Wildman–Crippen LogP) is -0.0971. The smallest absolute Gasteiger partial charge is 0.445 e. The molecule has 0 N–H and O–H groups in total. The van der Waals surface area contributed by atoms with Gasteiger partial charge in [0.25, 0.3) is 0 Å². The fraction of sp³-hybridized carbons (Fsp3) is 0.143. The first-order valence-electron chi connectivity index (χ1n) is 3.69. The van der Waals surface area contributed by atoms with Crippen LogP contribution in [0.3, 0.4) is 0 Å². The standard InChI is InChI=1S/C7H3BF7.K/c9-6-3-4(8(13,14)15)1-2-5(6)7(10,11)12;/h1-3H;/q-1;+1. The van der Waals surface area contributed by atoms with E-state index in [2.05, 4.69) is 0 Å². The minimum Gasteiger partial charge on any atom is -0.445 e. The van der Waals surface area contributed by atoms with Crippen LogP contribution in [-0.4, -0.2) is 6.98 Å². The summed E-state index contributed by atoms with van der Waals surface area (Å²) in [6, 6.07) is 0.147. The van der Waals surface area contributed by atoms with Crippen LogP contribution in [0.2, 0.25) is 0 Å². The van der Waals surface area contributed by atoms with E-state index in [0.29, 0.717) is 0 Å². The summed E-state index contributed by atoms with van der Waals surface area (Å²) < 4.78 is 84.6. The largest absolute Gasteiger partial charge is 1.00 e. The Hall–Kier alpha value is 0.431. The fourth-order valence-electron chi connectivity index (χ4n) is 0.965. The fourth-order valence-corrected chi connectivity index (χ4v) is 0.965. The third-order valence-electron chi connectivity index (χ3n) is 1.68. The van der Waals surface area contributed by atoms with E-state index >= 15 is 0 Å². The maximum Gasteiger partial charge on any atom is 1.00 e. The van der Waals surface area contributed by atoms with E-state index in [1.54, 1.807) is 0 Å². The van der Waals surface area contributed by atoms with Gasteiger partial charge in [-0.15, -0.1) is 5.46 Å². The maximum absolute atomic E-state index is 12.7. The Labute approximate surface area is 129 Å². The van der Waals surface area contributed by atoms with E-state index < -0.39 is 30.0 Å². The number of hydrogen-bond acceptors (Lipinski definition) is 0. The third kappa shape index (κ3) is 4.03. The van der Waals surface area contributed by atoms with E-state index in [1.165, 1.54) is 0 Å². The summed E-state index contributed by atoms with van der Waals surface area (Å²) in [6.45, 7) is -5.49. The summed E-state index contributed by atoms with van der Waals surface area (Å²) in [7, 11) is 0. The zero-order valence-corrected chi connectivity index (χ0v) is 11.1. The van der Waals surface area contributed by atoms with Crippen molar-refractivity contribution in [3.05, 3.63) is 29.6 Å². The molecule has 0 saturated carbocycles. The molecule has 0 bridgehead atoms. The topological polar surface area (TPSA) is 0 Å². The van der Waals surface area contributed by atoms with Gasteiger partial charge in [0, 0.05) is 0 Å². The van der Waals surface area contributed by atoms with Crippen molar-refractivity contribution in [2.45, 2.75) is 6.18 Å². The van der Waals surface area contributed by atoms with Gasteiger partial charge < -0.3 is 12.9 Å². The van der Waals surface area contributed by atoms with Gasteiger partial charge in [-0.05, 0) is 6.07 Å². The van der Waals surface area contributed by atoms with Gasteiger partial charge in [-0.3, -0.25) is 0 Å². The molecule has 0 unspecified atom stereocenters. The Morgan fingerprint density at radius 1 is 1.00 bits per heavy atom. The molecule has 1 aromatic carbocycles. The second-order valence-corrected chi connectivity index (χ2v) is 2.81. The normalized spacial score (nSPS) is 12.2. The number of rotatable bonds is 1. The molecule has 0 spiro atoms. The van der Waals surface area contributed by atoms with Crippen molar-refractivity contribution in [2.75, 3.05) is 0 Å². The summed E-state index contributed by atoms with van der Waals surface area (Å²) in [5.41, 5.74) is -3.09. The van der Waals surface area contributed by atoms with Crippen molar-refractivity contribution >= 4 is 12.4 Å². The van der Waals surface area contributed by atoms with Gasteiger partial charge in [0.2, 0.25) is 0 Å². The van der Waals surface area contributed by atoms with Crippen LogP contribution < -0.4 is 56.8 Å². The van der Waals surface area contributed by atoms with Gasteiger partial charge >= 0.3 is 64.5 Å². The quantitative estimate of drug-likeness (QED) is 0.494. The molecule has 0 aliphatic carbocycles. The molecule has 16 heavy (non-hydrogen) atoms. The zero-order valence-electron chi connectivity index (χ0n) is 7.96. The van der Waals surface area contributed by atoms with Gasteiger partial charge in [-0.1, -0.05) is 12.1 Å². The molecular formula is C7H3BF7K. The second kappa shape index (κ2) is 5.38. The zero-order chi connectivity index (χ0) is 11.9. The van der Waals surface area contributed by atoms with Gasteiger partial charge in [-0.25, -0.2) is 4.39 Å². The molecule has 0 amide bonds. The Kier molecular flexibility index (Phi) is 5.53. The van der Waals surface area contributed by atoms with Crippen molar-refractivity contribution in [3.63, 3.8) is 0 Å². The molecule has 0 atom stereocenters. The number of halogens is 7. The molecule has 0 heterocycles. The Morgan fingerprint density at radius 2 is 1.50 bits per heavy atom. The molecule has 1 rings (SSSR count). The van der Waals surface area contributed by atoms with Crippen molar-refractivity contribution in [3.8, 4) is 0 Å². The van der Waals surface area contributed by atoms with Crippen LogP contribution >= 0.6 is 0 Å². The molecule has 0 aliphatic heterocycles. The van der Waals surface area contributed by atoms with Crippen molar-refractivity contribution in [1.29, 1.82) is 0 Å². The number of hydrogen-bond donors (Lipinski definition) is 0. The molecule has 0 aliphatic rings. The van der Waals surface area contributed by atoms with E-state index in [0.717, 1.165) is 0 Å². The Bertz CT molecular complexity index is 370. The maximum atomic E-state index is 12.7. The van der Waals surface area contributed by atoms with Crippen molar-refractivity contribution < 1.29 is 81.9 Å². The minimum absolute atomic E-state index is 0.